The van der Waals surface area contributed by atoms with Gasteiger partial charge >= 0.3 is 0 Å². The molecule has 0 amide bonds. The Morgan fingerprint density at radius 3 is 2.53 bits per heavy atom. The predicted molar refractivity (Wildman–Crippen MR) is 84.9 cm³/mol. The Labute approximate surface area is 120 Å². The van der Waals surface area contributed by atoms with Crippen LogP contribution in [0.15, 0.2) is 41.8 Å². The topological polar surface area (TPSA) is 12.0 Å². The van der Waals surface area contributed by atoms with Gasteiger partial charge in [0, 0.05) is 17.5 Å². The van der Waals surface area contributed by atoms with Gasteiger partial charge in [0.2, 0.25) is 0 Å². The number of rotatable bonds is 7. The summed E-state index contributed by atoms with van der Waals surface area (Å²) in [6.07, 6.45) is 3.52. The van der Waals surface area contributed by atoms with Crippen LogP contribution in [0.2, 0.25) is 0 Å². The zero-order chi connectivity index (χ0) is 13.5. The van der Waals surface area contributed by atoms with Gasteiger partial charge in [-0.3, -0.25) is 0 Å². The van der Waals surface area contributed by atoms with Crippen LogP contribution in [0.25, 0.3) is 0 Å². The average Bonchev–Trinajstić information content (AvgIpc) is 2.93. The van der Waals surface area contributed by atoms with Gasteiger partial charge in [-0.05, 0) is 42.3 Å². The van der Waals surface area contributed by atoms with Crippen LogP contribution in [0.4, 0.5) is 0 Å². The highest BCUT2D eigenvalue weighted by Gasteiger charge is 2.04. The van der Waals surface area contributed by atoms with Gasteiger partial charge in [0.05, 0.1) is 0 Å². The summed E-state index contributed by atoms with van der Waals surface area (Å²) in [6.45, 7) is 5.50. The van der Waals surface area contributed by atoms with Crippen molar-refractivity contribution in [3.63, 3.8) is 0 Å². The van der Waals surface area contributed by atoms with Crippen LogP contribution < -0.4 is 5.32 Å². The molecule has 102 valence electrons. The summed E-state index contributed by atoms with van der Waals surface area (Å²) in [5.74, 6) is 0. The second-order valence-corrected chi connectivity index (χ2v) is 6.03. The molecule has 1 N–H and O–H groups in total. The molecule has 1 heterocycles. The molecule has 0 bridgehead atoms. The van der Waals surface area contributed by atoms with Crippen LogP contribution in [0.3, 0.4) is 0 Å². The van der Waals surface area contributed by atoms with Crippen LogP contribution >= 0.6 is 11.3 Å². The Bertz CT molecular complexity index is 459. The maximum Gasteiger partial charge on any atom is 0.0291 e. The summed E-state index contributed by atoms with van der Waals surface area (Å²) >= 11 is 1.84. The molecule has 0 aliphatic rings. The molecule has 0 saturated heterocycles. The molecule has 1 nitrogen and oxygen atoms in total. The highest BCUT2D eigenvalue weighted by molar-refractivity contribution is 7.09. The number of thiophene rings is 1. The van der Waals surface area contributed by atoms with Gasteiger partial charge in [0.1, 0.15) is 0 Å². The van der Waals surface area contributed by atoms with Crippen LogP contribution in [0, 0.1) is 0 Å². The fourth-order valence-electron chi connectivity index (χ4n) is 2.25. The van der Waals surface area contributed by atoms with E-state index in [1.807, 2.05) is 11.3 Å². The molecule has 0 saturated carbocycles. The van der Waals surface area contributed by atoms with Crippen LogP contribution in [0.5, 0.6) is 0 Å². The van der Waals surface area contributed by atoms with Crippen molar-refractivity contribution in [3.8, 4) is 0 Å². The van der Waals surface area contributed by atoms with Gasteiger partial charge in [0.25, 0.3) is 0 Å². The summed E-state index contributed by atoms with van der Waals surface area (Å²) in [6, 6.07) is 13.8. The molecule has 1 aromatic heterocycles. The number of nitrogens with one attached hydrogen (secondary N) is 1. The molecule has 0 aliphatic carbocycles. The maximum atomic E-state index is 3.60. The van der Waals surface area contributed by atoms with Crippen molar-refractivity contribution in [1.82, 2.24) is 5.32 Å². The fraction of sp³-hybridized carbons (Fsp3) is 0.412. The molecule has 19 heavy (non-hydrogen) atoms. The average molecular weight is 273 g/mol. The lowest BCUT2D eigenvalue weighted by Crippen LogP contribution is -2.21. The fourth-order valence-corrected chi connectivity index (χ4v) is 2.96. The molecule has 0 fully saturated rings. The molecule has 2 heteroatoms. The summed E-state index contributed by atoms with van der Waals surface area (Å²) in [4.78, 5) is 1.46. The van der Waals surface area contributed by atoms with Crippen molar-refractivity contribution in [2.45, 2.75) is 39.2 Å². The minimum absolute atomic E-state index is 0.427. The molecule has 0 spiro atoms. The first-order valence-corrected chi connectivity index (χ1v) is 8.02. The number of aryl methyl sites for hydroxylation is 1. The smallest absolute Gasteiger partial charge is 0.0291 e. The Morgan fingerprint density at radius 1 is 1.11 bits per heavy atom. The van der Waals surface area contributed by atoms with Gasteiger partial charge in [-0.25, -0.2) is 0 Å². The predicted octanol–water partition coefficient (Wildman–Crippen LogP) is 4.59. The quantitative estimate of drug-likeness (QED) is 0.777. The van der Waals surface area contributed by atoms with E-state index in [0.29, 0.717) is 6.04 Å². The largest absolute Gasteiger partial charge is 0.310 e. The van der Waals surface area contributed by atoms with Crippen molar-refractivity contribution < 1.29 is 0 Å². The third-order valence-electron chi connectivity index (χ3n) is 3.42. The van der Waals surface area contributed by atoms with Crippen molar-refractivity contribution in [2.75, 3.05) is 6.54 Å². The summed E-state index contributed by atoms with van der Waals surface area (Å²) in [5.41, 5.74) is 2.82. The first-order valence-electron chi connectivity index (χ1n) is 7.14. The van der Waals surface area contributed by atoms with Gasteiger partial charge < -0.3 is 5.32 Å². The molecular formula is C17H23NS. The second kappa shape index (κ2) is 7.46. The molecule has 0 aliphatic heterocycles. The van der Waals surface area contributed by atoms with Crippen LogP contribution in [-0.2, 0) is 12.8 Å². The van der Waals surface area contributed by atoms with E-state index >= 15 is 0 Å². The Kier molecular flexibility index (Phi) is 5.62. The van der Waals surface area contributed by atoms with Crippen molar-refractivity contribution >= 4 is 11.3 Å². The van der Waals surface area contributed by atoms with E-state index in [1.54, 1.807) is 0 Å². The van der Waals surface area contributed by atoms with E-state index in [1.165, 1.54) is 28.8 Å². The molecule has 2 rings (SSSR count). The first-order chi connectivity index (χ1) is 9.29. The van der Waals surface area contributed by atoms with E-state index in [0.717, 1.165) is 13.0 Å². The standard InChI is InChI=1S/C17H23NS/c1-3-5-15-7-9-16(10-8-15)14(2)18-12-11-17-6-4-13-19-17/h4,6-10,13-14,18H,3,5,11-12H2,1-2H3. The third-order valence-corrected chi connectivity index (χ3v) is 4.36. The lowest BCUT2D eigenvalue weighted by atomic mass is 10.0. The third kappa shape index (κ3) is 4.48. The van der Waals surface area contributed by atoms with E-state index in [9.17, 15) is 0 Å². The number of hydrogen-bond acceptors (Lipinski definition) is 2. The van der Waals surface area contributed by atoms with Gasteiger partial charge in [-0.2, -0.15) is 0 Å². The van der Waals surface area contributed by atoms with Gasteiger partial charge in [0.15, 0.2) is 0 Å². The maximum absolute atomic E-state index is 3.60. The minimum Gasteiger partial charge on any atom is -0.310 e. The Balaban J connectivity index is 1.80. The minimum atomic E-state index is 0.427. The van der Waals surface area contributed by atoms with E-state index in [4.69, 9.17) is 0 Å². The normalized spacial score (nSPS) is 12.5. The molecular weight excluding hydrogens is 250 g/mol. The van der Waals surface area contributed by atoms with E-state index < -0.39 is 0 Å². The SMILES string of the molecule is CCCc1ccc(C(C)NCCc2cccs2)cc1. The number of benzene rings is 1. The van der Waals surface area contributed by atoms with Crippen LogP contribution in [-0.4, -0.2) is 6.54 Å². The monoisotopic (exact) mass is 273 g/mol. The summed E-state index contributed by atoms with van der Waals surface area (Å²) in [5, 5.41) is 5.74. The first kappa shape index (κ1) is 14.3. The highest BCUT2D eigenvalue weighted by atomic mass is 32.1. The second-order valence-electron chi connectivity index (χ2n) is 5.00. The molecule has 1 atom stereocenters. The molecule has 0 radical (unpaired) electrons. The van der Waals surface area contributed by atoms with E-state index in [2.05, 4.69) is 60.9 Å². The molecule has 2 aromatic rings. The van der Waals surface area contributed by atoms with E-state index in [-0.39, 0.29) is 0 Å². The Hall–Kier alpha value is -1.12. The molecule has 1 aromatic carbocycles. The summed E-state index contributed by atoms with van der Waals surface area (Å²) < 4.78 is 0. The van der Waals surface area contributed by atoms with Gasteiger partial charge in [-0.15, -0.1) is 11.3 Å². The highest BCUT2D eigenvalue weighted by Crippen LogP contribution is 2.15. The van der Waals surface area contributed by atoms with Gasteiger partial charge in [-0.1, -0.05) is 43.7 Å². The van der Waals surface area contributed by atoms with Crippen molar-refractivity contribution in [2.24, 2.45) is 0 Å². The molecule has 1 unspecified atom stereocenters. The van der Waals surface area contributed by atoms with Crippen molar-refractivity contribution in [3.05, 3.63) is 57.8 Å². The summed E-state index contributed by atoms with van der Waals surface area (Å²) in [7, 11) is 0. The zero-order valence-electron chi connectivity index (χ0n) is 11.9. The Morgan fingerprint density at radius 2 is 1.89 bits per heavy atom. The lowest BCUT2D eigenvalue weighted by Gasteiger charge is -2.14. The van der Waals surface area contributed by atoms with Crippen molar-refractivity contribution in [1.29, 1.82) is 0 Å². The van der Waals surface area contributed by atoms with Crippen LogP contribution in [0.1, 0.15) is 42.3 Å². The zero-order valence-corrected chi connectivity index (χ0v) is 12.7. The number of hydrogen-bond donors (Lipinski definition) is 1. The lowest BCUT2D eigenvalue weighted by molar-refractivity contribution is 0.578.